The van der Waals surface area contributed by atoms with Crippen molar-refractivity contribution >= 4 is 5.91 Å². The molecule has 80 valence electrons. The number of rotatable bonds is 2. The van der Waals surface area contributed by atoms with Crippen molar-refractivity contribution in [2.24, 2.45) is 5.73 Å². The lowest BCUT2D eigenvalue weighted by molar-refractivity contribution is -0.129. The number of nitrogens with zero attached hydrogens (tertiary/aromatic N) is 1. The zero-order valence-electron chi connectivity index (χ0n) is 8.89. The average molecular weight is 204 g/mol. The Balaban J connectivity index is 2.09. The van der Waals surface area contributed by atoms with E-state index in [1.54, 1.807) is 0 Å². The maximum absolute atomic E-state index is 11.6. The van der Waals surface area contributed by atoms with E-state index in [1.807, 2.05) is 42.2 Å². The van der Waals surface area contributed by atoms with Crippen LogP contribution in [0.2, 0.25) is 0 Å². The summed E-state index contributed by atoms with van der Waals surface area (Å²) in [7, 11) is 0. The minimum Gasteiger partial charge on any atom is -0.334 e. The van der Waals surface area contributed by atoms with Crippen LogP contribution in [0.1, 0.15) is 18.9 Å². The number of likely N-dealkylation sites (tertiary alicyclic amines) is 1. The lowest BCUT2D eigenvalue weighted by atomic mass is 10.1. The van der Waals surface area contributed by atoms with E-state index in [9.17, 15) is 4.79 Å². The maximum Gasteiger partial charge on any atom is 0.224 e. The first kappa shape index (κ1) is 10.2. The molecule has 0 aliphatic carbocycles. The van der Waals surface area contributed by atoms with Gasteiger partial charge >= 0.3 is 0 Å². The number of benzene rings is 1. The van der Waals surface area contributed by atoms with Gasteiger partial charge in [-0.05, 0) is 12.5 Å². The first-order valence-corrected chi connectivity index (χ1v) is 5.27. The van der Waals surface area contributed by atoms with Crippen molar-refractivity contribution < 1.29 is 4.79 Å². The molecule has 2 N–H and O–H groups in total. The molecule has 0 saturated carbocycles. The van der Waals surface area contributed by atoms with Crippen molar-refractivity contribution in [2.75, 3.05) is 0 Å². The Morgan fingerprint density at radius 1 is 1.40 bits per heavy atom. The first-order valence-electron chi connectivity index (χ1n) is 5.27. The second-order valence-electron chi connectivity index (χ2n) is 4.12. The molecule has 2 rings (SSSR count). The van der Waals surface area contributed by atoms with Crippen LogP contribution in [0.15, 0.2) is 30.3 Å². The summed E-state index contributed by atoms with van der Waals surface area (Å²) in [5, 5.41) is 0. The van der Waals surface area contributed by atoms with Crippen molar-refractivity contribution in [2.45, 2.75) is 32.0 Å². The minimum atomic E-state index is -0.0128. The Kier molecular flexibility index (Phi) is 2.73. The summed E-state index contributed by atoms with van der Waals surface area (Å²) in [4.78, 5) is 13.5. The number of hydrogen-bond donors (Lipinski definition) is 1. The molecule has 0 radical (unpaired) electrons. The monoisotopic (exact) mass is 204 g/mol. The Bertz CT molecular complexity index is 350. The molecule has 1 aliphatic rings. The van der Waals surface area contributed by atoms with Crippen LogP contribution in [-0.2, 0) is 11.3 Å². The molecule has 1 saturated heterocycles. The molecule has 15 heavy (non-hydrogen) atoms. The van der Waals surface area contributed by atoms with Gasteiger partial charge in [-0.15, -0.1) is 0 Å². The second kappa shape index (κ2) is 4.03. The van der Waals surface area contributed by atoms with Gasteiger partial charge in [0.15, 0.2) is 0 Å². The summed E-state index contributed by atoms with van der Waals surface area (Å²) < 4.78 is 0. The van der Waals surface area contributed by atoms with E-state index < -0.39 is 0 Å². The van der Waals surface area contributed by atoms with E-state index in [1.165, 1.54) is 0 Å². The van der Waals surface area contributed by atoms with E-state index >= 15 is 0 Å². The van der Waals surface area contributed by atoms with Gasteiger partial charge in [0.25, 0.3) is 0 Å². The number of carbonyl (C=O) groups excluding carboxylic acids is 1. The van der Waals surface area contributed by atoms with Gasteiger partial charge in [0.1, 0.15) is 0 Å². The van der Waals surface area contributed by atoms with Gasteiger partial charge in [-0.2, -0.15) is 0 Å². The van der Waals surface area contributed by atoms with Crippen LogP contribution in [0.5, 0.6) is 0 Å². The number of hydrogen-bond acceptors (Lipinski definition) is 2. The molecular formula is C12H16N2O. The highest BCUT2D eigenvalue weighted by Gasteiger charge is 2.33. The zero-order chi connectivity index (χ0) is 10.8. The van der Waals surface area contributed by atoms with Gasteiger partial charge in [-0.25, -0.2) is 0 Å². The highest BCUT2D eigenvalue weighted by Crippen LogP contribution is 2.19. The third-order valence-electron chi connectivity index (χ3n) is 3.04. The molecule has 0 aromatic heterocycles. The molecule has 1 aliphatic heterocycles. The lowest BCUT2D eigenvalue weighted by Gasteiger charge is -2.23. The number of nitrogens with two attached hydrogens (primary N) is 1. The number of amides is 1. The summed E-state index contributed by atoms with van der Waals surface area (Å²) in [5.74, 6) is 0.166. The Morgan fingerprint density at radius 2 is 2.07 bits per heavy atom. The van der Waals surface area contributed by atoms with Crippen LogP contribution < -0.4 is 5.73 Å². The standard InChI is InChI=1S/C12H16N2O/c1-9-11(13)7-12(15)14(9)8-10-5-3-2-4-6-10/h2-6,9,11H,7-8,13H2,1H3. The fourth-order valence-corrected chi connectivity index (χ4v) is 1.96. The number of carbonyl (C=O) groups is 1. The normalized spacial score (nSPS) is 26.0. The molecule has 3 heteroatoms. The van der Waals surface area contributed by atoms with Crippen LogP contribution in [0.4, 0.5) is 0 Å². The van der Waals surface area contributed by atoms with E-state index in [4.69, 9.17) is 5.73 Å². The topological polar surface area (TPSA) is 46.3 Å². The van der Waals surface area contributed by atoms with Crippen LogP contribution >= 0.6 is 0 Å². The Labute approximate surface area is 89.9 Å². The minimum absolute atomic E-state index is 0.0128. The summed E-state index contributed by atoms with van der Waals surface area (Å²) in [6.07, 6.45) is 0.480. The van der Waals surface area contributed by atoms with Gasteiger partial charge in [0.05, 0.1) is 0 Å². The lowest BCUT2D eigenvalue weighted by Crippen LogP contribution is -2.37. The molecule has 1 aromatic carbocycles. The zero-order valence-corrected chi connectivity index (χ0v) is 8.89. The summed E-state index contributed by atoms with van der Waals surface area (Å²) in [6.45, 7) is 2.69. The van der Waals surface area contributed by atoms with Crippen molar-refractivity contribution in [1.82, 2.24) is 4.90 Å². The largest absolute Gasteiger partial charge is 0.334 e. The third kappa shape index (κ3) is 2.02. The van der Waals surface area contributed by atoms with Crippen molar-refractivity contribution in [3.05, 3.63) is 35.9 Å². The predicted molar refractivity (Wildman–Crippen MR) is 59.0 cm³/mol. The van der Waals surface area contributed by atoms with Gasteiger partial charge < -0.3 is 10.6 Å². The third-order valence-corrected chi connectivity index (χ3v) is 3.04. The maximum atomic E-state index is 11.6. The van der Waals surface area contributed by atoms with Gasteiger partial charge in [0.2, 0.25) is 5.91 Å². The summed E-state index contributed by atoms with van der Waals surface area (Å²) in [6, 6.07) is 10.2. The first-order chi connectivity index (χ1) is 7.18. The molecule has 3 nitrogen and oxygen atoms in total. The van der Waals surface area contributed by atoms with E-state index in [0.717, 1.165) is 5.56 Å². The highest BCUT2D eigenvalue weighted by molar-refractivity contribution is 5.79. The summed E-state index contributed by atoms with van der Waals surface area (Å²) in [5.41, 5.74) is 7.01. The second-order valence-corrected chi connectivity index (χ2v) is 4.12. The van der Waals surface area contributed by atoms with Crippen molar-refractivity contribution in [1.29, 1.82) is 0 Å². The molecule has 1 aromatic rings. The molecule has 2 atom stereocenters. The molecule has 2 unspecified atom stereocenters. The van der Waals surface area contributed by atoms with E-state index in [0.29, 0.717) is 13.0 Å². The predicted octanol–water partition coefficient (Wildman–Crippen LogP) is 1.13. The molecule has 0 bridgehead atoms. The fraction of sp³-hybridized carbons (Fsp3) is 0.417. The molecular weight excluding hydrogens is 188 g/mol. The molecule has 1 fully saturated rings. The van der Waals surface area contributed by atoms with Gasteiger partial charge in [0, 0.05) is 25.0 Å². The Hall–Kier alpha value is -1.35. The quantitative estimate of drug-likeness (QED) is 0.785. The smallest absolute Gasteiger partial charge is 0.224 e. The summed E-state index contributed by atoms with van der Waals surface area (Å²) >= 11 is 0. The van der Waals surface area contributed by atoms with Crippen LogP contribution in [0, 0.1) is 0 Å². The van der Waals surface area contributed by atoms with Gasteiger partial charge in [-0.1, -0.05) is 30.3 Å². The highest BCUT2D eigenvalue weighted by atomic mass is 16.2. The molecule has 1 amide bonds. The van der Waals surface area contributed by atoms with Crippen LogP contribution in [-0.4, -0.2) is 22.9 Å². The fourth-order valence-electron chi connectivity index (χ4n) is 1.96. The van der Waals surface area contributed by atoms with Crippen LogP contribution in [0.25, 0.3) is 0 Å². The van der Waals surface area contributed by atoms with Gasteiger partial charge in [-0.3, -0.25) is 4.79 Å². The molecule has 1 heterocycles. The van der Waals surface area contributed by atoms with Crippen molar-refractivity contribution in [3.63, 3.8) is 0 Å². The van der Waals surface area contributed by atoms with E-state index in [-0.39, 0.29) is 18.0 Å². The van der Waals surface area contributed by atoms with Crippen LogP contribution in [0.3, 0.4) is 0 Å². The molecule has 0 spiro atoms. The SMILES string of the molecule is CC1C(N)CC(=O)N1Cc1ccccc1. The van der Waals surface area contributed by atoms with Crippen molar-refractivity contribution in [3.8, 4) is 0 Å². The van der Waals surface area contributed by atoms with E-state index in [2.05, 4.69) is 0 Å². The Morgan fingerprint density at radius 3 is 2.60 bits per heavy atom. The average Bonchev–Trinajstić information content (AvgIpc) is 2.47.